The lowest BCUT2D eigenvalue weighted by molar-refractivity contribution is -0.119. The number of alkyl halides is 2. The van der Waals surface area contributed by atoms with Crippen molar-refractivity contribution in [1.29, 1.82) is 0 Å². The third-order valence-electron chi connectivity index (χ3n) is 4.59. The van der Waals surface area contributed by atoms with Gasteiger partial charge in [0.15, 0.2) is 6.10 Å². The van der Waals surface area contributed by atoms with Gasteiger partial charge in [0.2, 0.25) is 6.41 Å². The fraction of sp³-hybridized carbons (Fsp3) is 0.556. The summed E-state index contributed by atoms with van der Waals surface area (Å²) in [6.07, 6.45) is 1.51. The zero-order valence-corrected chi connectivity index (χ0v) is 14.9. The lowest BCUT2D eigenvalue weighted by atomic mass is 10.0. The number of halogens is 2. The molecule has 0 aliphatic carbocycles. The summed E-state index contributed by atoms with van der Waals surface area (Å²) in [4.78, 5) is 26.1. The van der Waals surface area contributed by atoms with Gasteiger partial charge in [0.05, 0.1) is 0 Å². The highest BCUT2D eigenvalue weighted by Crippen LogP contribution is 2.30. The average molecular weight is 369 g/mol. The molecule has 2 N–H and O–H groups in total. The van der Waals surface area contributed by atoms with Gasteiger partial charge in [0.25, 0.3) is 0 Å². The second kappa shape index (κ2) is 9.35. The summed E-state index contributed by atoms with van der Waals surface area (Å²) < 4.78 is 30.8. The highest BCUT2D eigenvalue weighted by Gasteiger charge is 2.28. The third-order valence-corrected chi connectivity index (χ3v) is 4.59. The normalized spacial score (nSPS) is 15.2. The minimum absolute atomic E-state index is 0.107. The van der Waals surface area contributed by atoms with E-state index in [1.165, 1.54) is 4.90 Å². The number of urea groups is 1. The predicted octanol–water partition coefficient (Wildman–Crippen LogP) is 2.44. The van der Waals surface area contributed by atoms with Crippen LogP contribution in [0.5, 0.6) is 5.75 Å². The number of hydrogen-bond acceptors (Lipinski definition) is 3. The van der Waals surface area contributed by atoms with E-state index in [0.29, 0.717) is 43.8 Å². The van der Waals surface area contributed by atoms with Crippen LogP contribution >= 0.6 is 0 Å². The van der Waals surface area contributed by atoms with E-state index in [9.17, 15) is 18.4 Å². The average Bonchev–Trinajstić information content (AvgIpc) is 2.67. The van der Waals surface area contributed by atoms with Crippen molar-refractivity contribution in [3.63, 3.8) is 0 Å². The van der Waals surface area contributed by atoms with Gasteiger partial charge in [-0.3, -0.25) is 9.69 Å². The first-order valence-corrected chi connectivity index (χ1v) is 8.73. The number of aryl methyl sites for hydroxylation is 1. The van der Waals surface area contributed by atoms with Crippen LogP contribution in [0.15, 0.2) is 18.2 Å². The quantitative estimate of drug-likeness (QED) is 0.715. The number of likely N-dealkylation sites (tertiary alicyclic amines) is 1. The Bertz CT molecular complexity index is 618. The number of amides is 3. The molecule has 1 fully saturated rings. The topological polar surface area (TPSA) is 75.9 Å². The Morgan fingerprint density at radius 1 is 1.38 bits per heavy atom. The van der Waals surface area contributed by atoms with Crippen molar-refractivity contribution >= 4 is 18.1 Å². The molecule has 1 heterocycles. The number of anilines is 1. The number of piperidine rings is 1. The maximum atomic E-state index is 12.7. The number of ether oxygens (including phenoxy) is 1. The molecule has 0 saturated carbocycles. The van der Waals surface area contributed by atoms with Crippen LogP contribution in [0.2, 0.25) is 0 Å². The molecule has 1 aliphatic heterocycles. The number of hydrogen-bond donors (Lipinski definition) is 1. The highest BCUT2D eigenvalue weighted by atomic mass is 19.1. The van der Waals surface area contributed by atoms with Gasteiger partial charge in [-0.1, -0.05) is 6.92 Å². The first-order chi connectivity index (χ1) is 12.5. The monoisotopic (exact) mass is 369 g/mol. The standard InChI is InChI=1S/C18H25F2N3O3/c1-2-13-9-15(3-4-17(13)26-16(10-19)11-20)23(18(21)25)14-5-7-22(12-24)8-6-14/h3-4,9,12,14,16H,2,5-8,10-11H2,1H3,(H2,21,25). The van der Waals surface area contributed by atoms with E-state index in [-0.39, 0.29) is 6.04 Å². The third kappa shape index (κ3) is 4.62. The summed E-state index contributed by atoms with van der Waals surface area (Å²) in [6, 6.07) is 4.36. The van der Waals surface area contributed by atoms with Gasteiger partial charge in [-0.05, 0) is 43.0 Å². The Labute approximate surface area is 151 Å². The van der Waals surface area contributed by atoms with Gasteiger partial charge >= 0.3 is 6.03 Å². The van der Waals surface area contributed by atoms with Gasteiger partial charge in [-0.2, -0.15) is 0 Å². The molecule has 2 rings (SSSR count). The Hall–Kier alpha value is -2.38. The molecule has 0 atom stereocenters. The molecule has 26 heavy (non-hydrogen) atoms. The number of benzene rings is 1. The van der Waals surface area contributed by atoms with Crippen LogP contribution in [0.1, 0.15) is 25.3 Å². The van der Waals surface area contributed by atoms with Crippen LogP contribution in [0, 0.1) is 0 Å². The van der Waals surface area contributed by atoms with Crippen LogP contribution in [0.4, 0.5) is 19.3 Å². The highest BCUT2D eigenvalue weighted by molar-refractivity contribution is 5.91. The maximum Gasteiger partial charge on any atom is 0.319 e. The molecule has 0 unspecified atom stereocenters. The molecule has 0 aromatic heterocycles. The van der Waals surface area contributed by atoms with E-state index >= 15 is 0 Å². The summed E-state index contributed by atoms with van der Waals surface area (Å²) in [6.45, 7) is 1.19. The first-order valence-electron chi connectivity index (χ1n) is 8.73. The van der Waals surface area contributed by atoms with Crippen molar-refractivity contribution in [1.82, 2.24) is 4.90 Å². The molecular formula is C18H25F2N3O3. The zero-order valence-electron chi connectivity index (χ0n) is 14.9. The Kier molecular flexibility index (Phi) is 7.17. The fourth-order valence-electron chi connectivity index (χ4n) is 3.16. The van der Waals surface area contributed by atoms with Gasteiger partial charge in [-0.25, -0.2) is 13.6 Å². The Morgan fingerprint density at radius 3 is 2.54 bits per heavy atom. The van der Waals surface area contributed by atoms with Crippen LogP contribution in [-0.4, -0.2) is 55.9 Å². The molecule has 3 amide bonds. The lowest BCUT2D eigenvalue weighted by Gasteiger charge is -2.36. The van der Waals surface area contributed by atoms with E-state index < -0.39 is 25.5 Å². The van der Waals surface area contributed by atoms with Crippen LogP contribution in [0.3, 0.4) is 0 Å². The fourth-order valence-corrected chi connectivity index (χ4v) is 3.16. The van der Waals surface area contributed by atoms with Crippen molar-refractivity contribution in [3.05, 3.63) is 23.8 Å². The van der Waals surface area contributed by atoms with E-state index in [1.807, 2.05) is 6.92 Å². The number of rotatable bonds is 8. The molecule has 1 saturated heterocycles. The molecule has 0 spiro atoms. The summed E-state index contributed by atoms with van der Waals surface area (Å²) in [5, 5.41) is 0. The second-order valence-corrected chi connectivity index (χ2v) is 6.27. The molecule has 0 bridgehead atoms. The van der Waals surface area contributed by atoms with Gasteiger partial charge in [0, 0.05) is 24.8 Å². The minimum Gasteiger partial charge on any atom is -0.485 e. The van der Waals surface area contributed by atoms with Crippen molar-refractivity contribution in [3.8, 4) is 5.75 Å². The van der Waals surface area contributed by atoms with Crippen molar-refractivity contribution in [2.24, 2.45) is 5.73 Å². The van der Waals surface area contributed by atoms with E-state index in [0.717, 1.165) is 12.0 Å². The smallest absolute Gasteiger partial charge is 0.319 e. The minimum atomic E-state index is -1.13. The van der Waals surface area contributed by atoms with Crippen molar-refractivity contribution in [2.75, 3.05) is 31.3 Å². The van der Waals surface area contributed by atoms with Crippen LogP contribution in [-0.2, 0) is 11.2 Å². The molecule has 0 radical (unpaired) electrons. The van der Waals surface area contributed by atoms with Crippen molar-refractivity contribution < 1.29 is 23.1 Å². The Balaban J connectivity index is 2.23. The number of nitrogens with two attached hydrogens (primary N) is 1. The molecular weight excluding hydrogens is 344 g/mol. The molecule has 8 heteroatoms. The van der Waals surface area contributed by atoms with Crippen LogP contribution in [0.25, 0.3) is 0 Å². The molecule has 1 aliphatic rings. The van der Waals surface area contributed by atoms with Gasteiger partial charge < -0.3 is 15.4 Å². The van der Waals surface area contributed by atoms with Gasteiger partial charge in [-0.15, -0.1) is 0 Å². The maximum absolute atomic E-state index is 12.7. The number of carbonyl (C=O) groups is 2. The zero-order chi connectivity index (χ0) is 19.1. The van der Waals surface area contributed by atoms with E-state index in [4.69, 9.17) is 10.5 Å². The second-order valence-electron chi connectivity index (χ2n) is 6.27. The molecule has 144 valence electrons. The summed E-state index contributed by atoms with van der Waals surface area (Å²) in [5.74, 6) is 0.400. The van der Waals surface area contributed by atoms with Crippen LogP contribution < -0.4 is 15.4 Å². The Morgan fingerprint density at radius 2 is 2.04 bits per heavy atom. The summed E-state index contributed by atoms with van der Waals surface area (Å²) in [5.41, 5.74) is 6.95. The number of nitrogens with zero attached hydrogens (tertiary/aromatic N) is 2. The van der Waals surface area contributed by atoms with Gasteiger partial charge in [0.1, 0.15) is 19.1 Å². The SMILES string of the molecule is CCc1cc(N(C(N)=O)C2CCN(C=O)CC2)ccc1OC(CF)CF. The molecule has 1 aromatic carbocycles. The van der Waals surface area contributed by atoms with E-state index in [2.05, 4.69) is 0 Å². The van der Waals surface area contributed by atoms with Crippen molar-refractivity contribution in [2.45, 2.75) is 38.3 Å². The molecule has 6 nitrogen and oxygen atoms in total. The number of primary amides is 1. The first kappa shape index (κ1) is 19.9. The summed E-state index contributed by atoms with van der Waals surface area (Å²) in [7, 11) is 0. The number of carbonyl (C=O) groups excluding carboxylic acids is 2. The lowest BCUT2D eigenvalue weighted by Crippen LogP contribution is -2.49. The predicted molar refractivity (Wildman–Crippen MR) is 94.9 cm³/mol. The molecule has 1 aromatic rings. The summed E-state index contributed by atoms with van der Waals surface area (Å²) >= 11 is 0. The van der Waals surface area contributed by atoms with E-state index in [1.54, 1.807) is 23.1 Å². The largest absolute Gasteiger partial charge is 0.485 e.